The van der Waals surface area contributed by atoms with Crippen LogP contribution in [0.3, 0.4) is 0 Å². The minimum atomic E-state index is -4.56. The van der Waals surface area contributed by atoms with Gasteiger partial charge in [0.15, 0.2) is 9.84 Å². The number of hydrogen-bond donors (Lipinski definition) is 1. The van der Waals surface area contributed by atoms with Gasteiger partial charge in [0.2, 0.25) is 0 Å². The molecule has 0 atom stereocenters. The van der Waals surface area contributed by atoms with Crippen molar-refractivity contribution in [2.45, 2.75) is 25.5 Å². The Morgan fingerprint density at radius 2 is 1.57 bits per heavy atom. The topological polar surface area (TPSA) is 97.7 Å². The van der Waals surface area contributed by atoms with Crippen molar-refractivity contribution in [3.63, 3.8) is 0 Å². The fourth-order valence-corrected chi connectivity index (χ4v) is 1.87. The maximum absolute atomic E-state index is 11.4. The molecule has 0 fully saturated rings. The van der Waals surface area contributed by atoms with Gasteiger partial charge in [-0.2, -0.15) is 8.42 Å². The Morgan fingerprint density at radius 1 is 1.14 bits per heavy atom. The average molecular weight is 246 g/mol. The van der Waals surface area contributed by atoms with Crippen LogP contribution in [0.4, 0.5) is 0 Å². The summed E-state index contributed by atoms with van der Waals surface area (Å²) in [6.07, 6.45) is 0. The van der Waals surface area contributed by atoms with Crippen molar-refractivity contribution in [2.75, 3.05) is 12.4 Å². The summed E-state index contributed by atoms with van der Waals surface area (Å²) >= 11 is 0. The molecule has 0 spiro atoms. The average Bonchev–Trinajstić information content (AvgIpc) is 1.80. The zero-order valence-electron chi connectivity index (χ0n) is 8.22. The van der Waals surface area contributed by atoms with E-state index in [1.54, 1.807) is 0 Å². The summed E-state index contributed by atoms with van der Waals surface area (Å²) in [5.74, 6) is -0.448. The highest BCUT2D eigenvalue weighted by molar-refractivity contribution is 7.92. The Hall–Kier alpha value is -0.180. The van der Waals surface area contributed by atoms with E-state index in [1.165, 1.54) is 20.8 Å². The SMILES string of the molecule is CC(C)(C)S(=O)(=O)CCOS(=O)(=O)O. The van der Waals surface area contributed by atoms with Gasteiger partial charge in [0.25, 0.3) is 0 Å². The quantitative estimate of drug-likeness (QED) is 0.702. The van der Waals surface area contributed by atoms with E-state index in [2.05, 4.69) is 4.18 Å². The highest BCUT2D eigenvalue weighted by Crippen LogP contribution is 2.15. The van der Waals surface area contributed by atoms with Gasteiger partial charge in [0, 0.05) is 0 Å². The minimum absolute atomic E-state index is 0.448. The van der Waals surface area contributed by atoms with Crippen molar-refractivity contribution in [2.24, 2.45) is 0 Å². The predicted molar refractivity (Wildman–Crippen MR) is 51.0 cm³/mol. The summed E-state index contributed by atoms with van der Waals surface area (Å²) in [5.41, 5.74) is 0. The molecule has 0 radical (unpaired) electrons. The van der Waals surface area contributed by atoms with Gasteiger partial charge in [0.1, 0.15) is 0 Å². The van der Waals surface area contributed by atoms with Gasteiger partial charge in [-0.15, -0.1) is 0 Å². The molecule has 0 aromatic rings. The largest absolute Gasteiger partial charge is 0.397 e. The summed E-state index contributed by atoms with van der Waals surface area (Å²) in [4.78, 5) is 0. The molecule has 0 unspecified atom stereocenters. The van der Waals surface area contributed by atoms with Gasteiger partial charge in [-0.25, -0.2) is 12.6 Å². The smallest absolute Gasteiger partial charge is 0.264 e. The third kappa shape index (κ3) is 4.89. The lowest BCUT2D eigenvalue weighted by Gasteiger charge is -2.18. The molecule has 0 bridgehead atoms. The van der Waals surface area contributed by atoms with Crippen LogP contribution in [0.2, 0.25) is 0 Å². The first-order valence-electron chi connectivity index (χ1n) is 3.80. The molecule has 0 aromatic heterocycles. The van der Waals surface area contributed by atoms with E-state index in [1.807, 2.05) is 0 Å². The first kappa shape index (κ1) is 13.8. The van der Waals surface area contributed by atoms with E-state index in [0.29, 0.717) is 0 Å². The molecule has 14 heavy (non-hydrogen) atoms. The van der Waals surface area contributed by atoms with Crippen LogP contribution in [0.15, 0.2) is 0 Å². The fourth-order valence-electron chi connectivity index (χ4n) is 0.555. The Morgan fingerprint density at radius 3 is 1.86 bits per heavy atom. The second-order valence-electron chi connectivity index (χ2n) is 3.68. The molecule has 0 heterocycles. The molecule has 0 aliphatic carbocycles. The zero-order valence-corrected chi connectivity index (χ0v) is 9.85. The zero-order chi connectivity index (χ0) is 11.6. The third-order valence-corrected chi connectivity index (χ3v) is 4.55. The van der Waals surface area contributed by atoms with Crippen LogP contribution in [0.5, 0.6) is 0 Å². The van der Waals surface area contributed by atoms with Crippen LogP contribution in [0.25, 0.3) is 0 Å². The summed E-state index contributed by atoms with van der Waals surface area (Å²) in [6, 6.07) is 0. The summed E-state index contributed by atoms with van der Waals surface area (Å²) < 4.78 is 54.1. The van der Waals surface area contributed by atoms with E-state index in [4.69, 9.17) is 4.55 Å². The molecule has 8 heteroatoms. The minimum Gasteiger partial charge on any atom is -0.264 e. The third-order valence-electron chi connectivity index (χ3n) is 1.52. The normalized spacial score (nSPS) is 14.3. The highest BCUT2D eigenvalue weighted by atomic mass is 32.3. The molecule has 86 valence electrons. The lowest BCUT2D eigenvalue weighted by Crippen LogP contribution is -2.32. The molecular weight excluding hydrogens is 232 g/mol. The van der Waals surface area contributed by atoms with E-state index in [9.17, 15) is 16.8 Å². The maximum atomic E-state index is 11.4. The molecule has 0 aliphatic heterocycles. The van der Waals surface area contributed by atoms with Crippen LogP contribution in [-0.2, 0) is 24.4 Å². The summed E-state index contributed by atoms with van der Waals surface area (Å²) in [5, 5.41) is 0. The van der Waals surface area contributed by atoms with Crippen LogP contribution in [0.1, 0.15) is 20.8 Å². The van der Waals surface area contributed by atoms with E-state index in [0.717, 1.165) is 0 Å². The molecule has 0 aromatic carbocycles. The first-order chi connectivity index (χ1) is 5.96. The van der Waals surface area contributed by atoms with Crippen LogP contribution in [0, 0.1) is 0 Å². The highest BCUT2D eigenvalue weighted by Gasteiger charge is 2.28. The van der Waals surface area contributed by atoms with Gasteiger partial charge in [-0.1, -0.05) is 0 Å². The van der Waals surface area contributed by atoms with Gasteiger partial charge in [-0.05, 0) is 20.8 Å². The maximum Gasteiger partial charge on any atom is 0.397 e. The lowest BCUT2D eigenvalue weighted by molar-refractivity contribution is 0.283. The summed E-state index contributed by atoms with van der Waals surface area (Å²) in [7, 11) is -7.98. The number of hydrogen-bond acceptors (Lipinski definition) is 5. The van der Waals surface area contributed by atoms with E-state index in [-0.39, 0.29) is 0 Å². The first-order valence-corrected chi connectivity index (χ1v) is 6.81. The van der Waals surface area contributed by atoms with E-state index < -0.39 is 37.3 Å². The van der Waals surface area contributed by atoms with Crippen molar-refractivity contribution >= 4 is 20.2 Å². The number of sulfone groups is 1. The molecule has 0 aliphatic rings. The Balaban J connectivity index is 4.31. The van der Waals surface area contributed by atoms with Gasteiger partial charge in [-0.3, -0.25) is 4.55 Å². The molecule has 0 saturated carbocycles. The van der Waals surface area contributed by atoms with Crippen molar-refractivity contribution in [1.82, 2.24) is 0 Å². The molecule has 0 saturated heterocycles. The second kappa shape index (κ2) is 4.13. The molecule has 6 nitrogen and oxygen atoms in total. The molecule has 0 rings (SSSR count). The van der Waals surface area contributed by atoms with Crippen molar-refractivity contribution in [1.29, 1.82) is 0 Å². The van der Waals surface area contributed by atoms with E-state index >= 15 is 0 Å². The van der Waals surface area contributed by atoms with Crippen LogP contribution in [-0.4, -0.2) is 38.5 Å². The molecule has 0 amide bonds. The van der Waals surface area contributed by atoms with Crippen molar-refractivity contribution in [3.8, 4) is 0 Å². The fraction of sp³-hybridized carbons (Fsp3) is 1.00. The van der Waals surface area contributed by atoms with Crippen LogP contribution >= 0.6 is 0 Å². The Bertz CT molecular complexity index is 371. The van der Waals surface area contributed by atoms with Gasteiger partial charge in [0.05, 0.1) is 17.1 Å². The molecular formula is C6H14O6S2. The number of rotatable bonds is 4. The summed E-state index contributed by atoms with van der Waals surface area (Å²) in [6.45, 7) is 3.92. The van der Waals surface area contributed by atoms with Gasteiger partial charge < -0.3 is 0 Å². The Kier molecular flexibility index (Phi) is 4.08. The van der Waals surface area contributed by atoms with Crippen molar-refractivity contribution in [3.05, 3.63) is 0 Å². The van der Waals surface area contributed by atoms with Gasteiger partial charge >= 0.3 is 10.4 Å². The van der Waals surface area contributed by atoms with Crippen LogP contribution < -0.4 is 0 Å². The second-order valence-corrected chi connectivity index (χ2v) is 7.63. The monoisotopic (exact) mass is 246 g/mol. The van der Waals surface area contributed by atoms with Crippen molar-refractivity contribution < 1.29 is 25.6 Å². The predicted octanol–water partition coefficient (Wildman–Crippen LogP) is 0.0191. The Labute approximate surface area is 84.1 Å². The molecule has 1 N–H and O–H groups in total. The standard InChI is InChI=1S/C6H14O6S2/c1-6(2,3)13(7,8)5-4-12-14(9,10)11/h4-5H2,1-3H3,(H,9,10,11). The lowest BCUT2D eigenvalue weighted by atomic mass is 10.3.